The first kappa shape index (κ1) is 12.1. The number of hydrogen-bond donors (Lipinski definition) is 1. The van der Waals surface area contributed by atoms with Crippen LogP contribution >= 0.6 is 15.9 Å². The Kier molecular flexibility index (Phi) is 4.71. The number of ketones is 1. The zero-order chi connectivity index (χ0) is 11.3. The van der Waals surface area contributed by atoms with Crippen LogP contribution in [0.4, 0.5) is 0 Å². The van der Waals surface area contributed by atoms with Gasteiger partial charge in [0.15, 0.2) is 5.78 Å². The first-order valence-electron chi connectivity index (χ1n) is 4.76. The Bertz CT molecular complexity index is 360. The van der Waals surface area contributed by atoms with Crippen molar-refractivity contribution in [3.8, 4) is 0 Å². The molecule has 0 saturated heterocycles. The van der Waals surface area contributed by atoms with Gasteiger partial charge in [0.2, 0.25) is 0 Å². The highest BCUT2D eigenvalue weighted by Gasteiger charge is 2.15. The lowest BCUT2D eigenvalue weighted by molar-refractivity contribution is 0.0981. The predicted octanol–water partition coefficient (Wildman–Crippen LogP) is 1.62. The van der Waals surface area contributed by atoms with Gasteiger partial charge in [0.25, 0.3) is 0 Å². The number of Topliss-reactive ketones (excluding diaryl/α,β-unsaturated/α-hetero) is 1. The zero-order valence-corrected chi connectivity index (χ0v) is 10.2. The molecule has 1 aromatic rings. The Morgan fingerprint density at radius 2 is 2.53 bits per heavy atom. The number of nitrogens with zero attached hydrogens (tertiary/aromatic N) is 2. The Hall–Kier alpha value is -0.940. The fraction of sp³-hybridized carbons (Fsp3) is 0.400. The quantitative estimate of drug-likeness (QED) is 0.486. The molecule has 0 atom stereocenters. The van der Waals surface area contributed by atoms with Gasteiger partial charge in [-0.2, -0.15) is 5.10 Å². The summed E-state index contributed by atoms with van der Waals surface area (Å²) >= 11 is 3.32. The fourth-order valence-electron chi connectivity index (χ4n) is 1.25. The molecule has 0 bridgehead atoms. The first-order valence-corrected chi connectivity index (χ1v) is 5.56. The molecule has 0 aliphatic carbocycles. The molecule has 0 radical (unpaired) electrons. The Morgan fingerprint density at radius 1 is 1.80 bits per heavy atom. The van der Waals surface area contributed by atoms with Crippen molar-refractivity contribution in [2.45, 2.75) is 13.5 Å². The second-order valence-corrected chi connectivity index (χ2v) is 3.85. The summed E-state index contributed by atoms with van der Waals surface area (Å²) in [6, 6.07) is 0. The van der Waals surface area contributed by atoms with Crippen LogP contribution in [0.2, 0.25) is 0 Å². The van der Waals surface area contributed by atoms with E-state index < -0.39 is 0 Å². The van der Waals surface area contributed by atoms with Crippen LogP contribution in [0.25, 0.3) is 0 Å². The fourth-order valence-corrected chi connectivity index (χ4v) is 1.77. The number of aromatic nitrogens is 2. The third kappa shape index (κ3) is 3.00. The van der Waals surface area contributed by atoms with Crippen LogP contribution in [-0.4, -0.2) is 28.7 Å². The molecular formula is C10H14BrN3O. The maximum absolute atomic E-state index is 11.8. The van der Waals surface area contributed by atoms with E-state index >= 15 is 0 Å². The lowest BCUT2D eigenvalue weighted by Gasteiger charge is -2.04. The highest BCUT2D eigenvalue weighted by molar-refractivity contribution is 9.10. The zero-order valence-electron chi connectivity index (χ0n) is 8.66. The summed E-state index contributed by atoms with van der Waals surface area (Å²) in [5.74, 6) is 0.0306. The van der Waals surface area contributed by atoms with Crippen LogP contribution in [0.1, 0.15) is 17.4 Å². The Labute approximate surface area is 97.5 Å². The number of halogens is 1. The maximum atomic E-state index is 11.8. The minimum absolute atomic E-state index is 0.0306. The van der Waals surface area contributed by atoms with Crippen LogP contribution in [0.5, 0.6) is 0 Å². The predicted molar refractivity (Wildman–Crippen MR) is 63.0 cm³/mol. The molecule has 4 nitrogen and oxygen atoms in total. The van der Waals surface area contributed by atoms with Gasteiger partial charge in [-0.25, -0.2) is 0 Å². The summed E-state index contributed by atoms with van der Waals surface area (Å²) in [5, 5.41) is 7.06. The van der Waals surface area contributed by atoms with E-state index in [1.165, 1.54) is 0 Å². The van der Waals surface area contributed by atoms with Crippen molar-refractivity contribution in [3.63, 3.8) is 0 Å². The normalized spacial score (nSPS) is 10.3. The number of hydrogen-bond acceptors (Lipinski definition) is 3. The largest absolute Gasteiger partial charge is 0.306 e. The number of carbonyl (C=O) groups is 1. The monoisotopic (exact) mass is 271 g/mol. The molecule has 1 rings (SSSR count). The van der Waals surface area contributed by atoms with E-state index in [2.05, 4.69) is 32.9 Å². The molecule has 0 aliphatic heterocycles. The molecule has 0 aromatic carbocycles. The summed E-state index contributed by atoms with van der Waals surface area (Å²) in [6.07, 6.45) is 3.36. The van der Waals surface area contributed by atoms with Gasteiger partial charge in [0, 0.05) is 13.1 Å². The van der Waals surface area contributed by atoms with Gasteiger partial charge in [-0.1, -0.05) is 6.08 Å². The molecule has 0 amide bonds. The number of carbonyl (C=O) groups excluding carboxylic acids is 1. The third-order valence-electron chi connectivity index (χ3n) is 1.93. The van der Waals surface area contributed by atoms with Crippen LogP contribution in [-0.2, 0) is 6.54 Å². The van der Waals surface area contributed by atoms with Crippen molar-refractivity contribution in [1.29, 1.82) is 0 Å². The van der Waals surface area contributed by atoms with Gasteiger partial charge in [-0.3, -0.25) is 9.48 Å². The van der Waals surface area contributed by atoms with Gasteiger partial charge in [0.1, 0.15) is 5.69 Å². The third-order valence-corrected chi connectivity index (χ3v) is 2.51. The smallest absolute Gasteiger partial charge is 0.195 e. The molecule has 0 saturated carbocycles. The molecule has 1 heterocycles. The highest BCUT2D eigenvalue weighted by Crippen LogP contribution is 2.16. The van der Waals surface area contributed by atoms with Crippen molar-refractivity contribution >= 4 is 21.7 Å². The van der Waals surface area contributed by atoms with Gasteiger partial charge in [0.05, 0.1) is 17.2 Å². The molecule has 1 N–H and O–H groups in total. The van der Waals surface area contributed by atoms with Crippen LogP contribution in [0, 0.1) is 0 Å². The molecule has 82 valence electrons. The highest BCUT2D eigenvalue weighted by atomic mass is 79.9. The van der Waals surface area contributed by atoms with Crippen LogP contribution in [0.3, 0.4) is 0 Å². The molecule has 0 spiro atoms. The van der Waals surface area contributed by atoms with Crippen molar-refractivity contribution < 1.29 is 4.79 Å². The van der Waals surface area contributed by atoms with E-state index in [0.717, 1.165) is 4.47 Å². The summed E-state index contributed by atoms with van der Waals surface area (Å²) in [4.78, 5) is 11.8. The summed E-state index contributed by atoms with van der Waals surface area (Å²) in [7, 11) is 0. The van der Waals surface area contributed by atoms with E-state index in [1.54, 1.807) is 17.0 Å². The summed E-state index contributed by atoms with van der Waals surface area (Å²) in [6.45, 7) is 7.14. The number of rotatable bonds is 6. The van der Waals surface area contributed by atoms with E-state index in [-0.39, 0.29) is 5.78 Å². The molecule has 15 heavy (non-hydrogen) atoms. The molecule has 0 fully saturated rings. The van der Waals surface area contributed by atoms with E-state index in [4.69, 9.17) is 0 Å². The van der Waals surface area contributed by atoms with Crippen molar-refractivity contribution in [2.75, 3.05) is 13.1 Å². The molecule has 0 unspecified atom stereocenters. The van der Waals surface area contributed by atoms with Crippen LogP contribution in [0.15, 0.2) is 23.3 Å². The summed E-state index contributed by atoms with van der Waals surface area (Å²) < 4.78 is 2.43. The molecule has 0 aliphatic rings. The van der Waals surface area contributed by atoms with Crippen molar-refractivity contribution in [1.82, 2.24) is 15.1 Å². The lowest BCUT2D eigenvalue weighted by atomic mass is 10.3. The van der Waals surface area contributed by atoms with Gasteiger partial charge >= 0.3 is 0 Å². The minimum atomic E-state index is 0.0306. The molecule has 1 aromatic heterocycles. The summed E-state index contributed by atoms with van der Waals surface area (Å²) in [5.41, 5.74) is 0.620. The van der Waals surface area contributed by atoms with E-state index in [0.29, 0.717) is 25.3 Å². The lowest BCUT2D eigenvalue weighted by Crippen LogP contribution is -2.25. The van der Waals surface area contributed by atoms with Gasteiger partial charge in [-0.15, -0.1) is 6.58 Å². The topological polar surface area (TPSA) is 46.9 Å². The first-order chi connectivity index (χ1) is 7.20. The minimum Gasteiger partial charge on any atom is -0.306 e. The standard InChI is InChI=1S/C10H14BrN3O/c1-3-5-12-7-9(15)10-8(11)6-13-14(10)4-2/h3,6,12H,1,4-5,7H2,2H3. The van der Waals surface area contributed by atoms with E-state index in [1.807, 2.05) is 6.92 Å². The average Bonchev–Trinajstić information content (AvgIpc) is 2.59. The SMILES string of the molecule is C=CCNCC(=O)c1c(Br)cnn1CC. The van der Waals surface area contributed by atoms with E-state index in [9.17, 15) is 4.79 Å². The van der Waals surface area contributed by atoms with Crippen molar-refractivity contribution in [2.24, 2.45) is 0 Å². The van der Waals surface area contributed by atoms with Gasteiger partial charge < -0.3 is 5.32 Å². The molecule has 5 heteroatoms. The van der Waals surface area contributed by atoms with Crippen molar-refractivity contribution in [3.05, 3.63) is 29.0 Å². The Balaban J connectivity index is 2.71. The second-order valence-electron chi connectivity index (χ2n) is 3.00. The second kappa shape index (κ2) is 5.82. The molecular weight excluding hydrogens is 258 g/mol. The average molecular weight is 272 g/mol. The maximum Gasteiger partial charge on any atom is 0.195 e. The number of nitrogens with one attached hydrogen (secondary N) is 1. The van der Waals surface area contributed by atoms with Gasteiger partial charge in [-0.05, 0) is 22.9 Å². The van der Waals surface area contributed by atoms with Crippen LogP contribution < -0.4 is 5.32 Å². The number of aryl methyl sites for hydroxylation is 1. The Morgan fingerprint density at radius 3 is 3.13 bits per heavy atom.